The van der Waals surface area contributed by atoms with Crippen LogP contribution >= 0.6 is 0 Å². The normalized spacial score (nSPS) is 24.7. The summed E-state index contributed by atoms with van der Waals surface area (Å²) in [6.45, 7) is 0.788. The van der Waals surface area contributed by atoms with E-state index < -0.39 is 10.9 Å². The van der Waals surface area contributed by atoms with Gasteiger partial charge < -0.3 is 10.0 Å². The predicted octanol–water partition coefficient (Wildman–Crippen LogP) is 3.06. The minimum atomic E-state index is -1.03. The van der Waals surface area contributed by atoms with Crippen LogP contribution in [0.4, 0.5) is 11.4 Å². The predicted molar refractivity (Wildman–Crippen MR) is 77.8 cm³/mol. The summed E-state index contributed by atoms with van der Waals surface area (Å²) in [5, 5.41) is 20.3. The van der Waals surface area contributed by atoms with Gasteiger partial charge in [0.2, 0.25) is 0 Å². The van der Waals surface area contributed by atoms with Crippen molar-refractivity contribution in [3.63, 3.8) is 0 Å². The zero-order valence-electron chi connectivity index (χ0n) is 11.7. The molecule has 0 amide bonds. The van der Waals surface area contributed by atoms with Crippen molar-refractivity contribution in [3.8, 4) is 0 Å². The maximum absolute atomic E-state index is 11.4. The van der Waals surface area contributed by atoms with E-state index in [4.69, 9.17) is 0 Å². The molecule has 2 fully saturated rings. The number of nitro groups is 1. The van der Waals surface area contributed by atoms with Gasteiger partial charge in [-0.2, -0.15) is 0 Å². The van der Waals surface area contributed by atoms with E-state index in [1.165, 1.54) is 31.0 Å². The number of hydrogen-bond acceptors (Lipinski definition) is 4. The van der Waals surface area contributed by atoms with E-state index in [0.29, 0.717) is 17.6 Å². The molecule has 6 heteroatoms. The summed E-state index contributed by atoms with van der Waals surface area (Å²) >= 11 is 0. The molecular formula is C15H18N2O4. The zero-order chi connectivity index (χ0) is 15.0. The molecule has 2 atom stereocenters. The number of carboxylic acid groups (broad SMARTS) is 1. The Hall–Kier alpha value is -2.11. The van der Waals surface area contributed by atoms with E-state index in [2.05, 4.69) is 4.90 Å². The molecule has 1 aromatic carbocycles. The maximum Gasteiger partial charge on any atom is 0.337 e. The van der Waals surface area contributed by atoms with E-state index in [9.17, 15) is 20.0 Å². The summed E-state index contributed by atoms with van der Waals surface area (Å²) in [5.41, 5.74) is 0.618. The molecule has 1 heterocycles. The third kappa shape index (κ3) is 2.46. The molecule has 1 saturated heterocycles. The Kier molecular flexibility index (Phi) is 3.53. The molecule has 0 spiro atoms. The van der Waals surface area contributed by atoms with Crippen molar-refractivity contribution >= 4 is 17.3 Å². The fourth-order valence-electron chi connectivity index (χ4n) is 3.76. The van der Waals surface area contributed by atoms with Crippen LogP contribution in [0.1, 0.15) is 42.5 Å². The standard InChI is InChI=1S/C15H18N2O4/c18-15(19)12-6-5-11(17(20)21)9-14(12)16-8-7-10-3-1-2-4-13(10)16/h5-6,9-10,13H,1-4,7-8H2,(H,18,19). The van der Waals surface area contributed by atoms with E-state index in [1.807, 2.05) is 0 Å². The Balaban J connectivity index is 2.01. The highest BCUT2D eigenvalue weighted by Crippen LogP contribution is 2.40. The minimum absolute atomic E-state index is 0.0470. The van der Waals surface area contributed by atoms with Crippen molar-refractivity contribution in [3.05, 3.63) is 33.9 Å². The fourth-order valence-corrected chi connectivity index (χ4v) is 3.76. The van der Waals surface area contributed by atoms with Crippen LogP contribution in [0.3, 0.4) is 0 Å². The maximum atomic E-state index is 11.4. The first-order chi connectivity index (χ1) is 10.1. The van der Waals surface area contributed by atoms with E-state index >= 15 is 0 Å². The second kappa shape index (κ2) is 5.35. The molecule has 1 saturated carbocycles. The highest BCUT2D eigenvalue weighted by molar-refractivity contribution is 5.95. The van der Waals surface area contributed by atoms with Gasteiger partial charge in [-0.3, -0.25) is 10.1 Å². The highest BCUT2D eigenvalue weighted by Gasteiger charge is 2.37. The molecule has 3 rings (SSSR count). The van der Waals surface area contributed by atoms with Crippen molar-refractivity contribution in [2.75, 3.05) is 11.4 Å². The van der Waals surface area contributed by atoms with Gasteiger partial charge in [-0.05, 0) is 31.2 Å². The molecular weight excluding hydrogens is 272 g/mol. The van der Waals surface area contributed by atoms with Gasteiger partial charge in [0, 0.05) is 24.7 Å². The first kappa shape index (κ1) is 13.9. The number of benzene rings is 1. The Labute approximate surface area is 122 Å². The lowest BCUT2D eigenvalue weighted by molar-refractivity contribution is -0.384. The average Bonchev–Trinajstić information content (AvgIpc) is 2.90. The zero-order valence-corrected chi connectivity index (χ0v) is 11.7. The molecule has 0 radical (unpaired) electrons. The van der Waals surface area contributed by atoms with Gasteiger partial charge in [-0.1, -0.05) is 12.8 Å². The van der Waals surface area contributed by atoms with Gasteiger partial charge in [-0.15, -0.1) is 0 Å². The number of aromatic carboxylic acids is 1. The van der Waals surface area contributed by atoms with Gasteiger partial charge >= 0.3 is 5.97 Å². The first-order valence-corrected chi connectivity index (χ1v) is 7.36. The number of nitro benzene ring substituents is 1. The number of carboxylic acids is 1. The molecule has 21 heavy (non-hydrogen) atoms. The molecule has 1 aliphatic carbocycles. The number of nitrogens with zero attached hydrogens (tertiary/aromatic N) is 2. The third-order valence-corrected chi connectivity index (χ3v) is 4.74. The van der Waals surface area contributed by atoms with Crippen molar-refractivity contribution in [2.24, 2.45) is 5.92 Å². The van der Waals surface area contributed by atoms with Gasteiger partial charge in [-0.25, -0.2) is 4.79 Å². The van der Waals surface area contributed by atoms with Gasteiger partial charge in [0.05, 0.1) is 16.2 Å². The van der Waals surface area contributed by atoms with Crippen LogP contribution in [-0.4, -0.2) is 28.6 Å². The van der Waals surface area contributed by atoms with Crippen molar-refractivity contribution in [1.29, 1.82) is 0 Å². The van der Waals surface area contributed by atoms with Crippen molar-refractivity contribution < 1.29 is 14.8 Å². The van der Waals surface area contributed by atoms with Gasteiger partial charge in [0.25, 0.3) is 5.69 Å². The van der Waals surface area contributed by atoms with E-state index in [1.54, 1.807) is 0 Å². The second-order valence-electron chi connectivity index (χ2n) is 5.86. The summed E-state index contributed by atoms with van der Waals surface area (Å²) in [6, 6.07) is 4.37. The molecule has 112 valence electrons. The lowest BCUT2D eigenvalue weighted by Gasteiger charge is -2.33. The largest absolute Gasteiger partial charge is 0.478 e. The summed E-state index contributed by atoms with van der Waals surface area (Å²) in [4.78, 5) is 24.0. The molecule has 6 nitrogen and oxygen atoms in total. The topological polar surface area (TPSA) is 83.7 Å². The minimum Gasteiger partial charge on any atom is -0.478 e. The molecule has 0 aromatic heterocycles. The Bertz CT molecular complexity index is 587. The molecule has 1 N–H and O–H groups in total. The fraction of sp³-hybridized carbons (Fsp3) is 0.533. The van der Waals surface area contributed by atoms with Gasteiger partial charge in [0.1, 0.15) is 0 Å². The smallest absolute Gasteiger partial charge is 0.337 e. The number of carbonyl (C=O) groups is 1. The molecule has 2 aliphatic rings. The lowest BCUT2D eigenvalue weighted by Crippen LogP contribution is -2.35. The van der Waals surface area contributed by atoms with Crippen LogP contribution in [0.5, 0.6) is 0 Å². The monoisotopic (exact) mass is 290 g/mol. The van der Waals surface area contributed by atoms with Crippen LogP contribution in [0.15, 0.2) is 18.2 Å². The SMILES string of the molecule is O=C(O)c1ccc([N+](=O)[O-])cc1N1CCC2CCCCC21. The van der Waals surface area contributed by atoms with Crippen LogP contribution in [-0.2, 0) is 0 Å². The summed E-state index contributed by atoms with van der Waals surface area (Å²) < 4.78 is 0. The average molecular weight is 290 g/mol. The lowest BCUT2D eigenvalue weighted by atomic mass is 9.85. The summed E-state index contributed by atoms with van der Waals surface area (Å²) in [6.07, 6.45) is 5.65. The second-order valence-corrected chi connectivity index (χ2v) is 5.86. The van der Waals surface area contributed by atoms with Crippen molar-refractivity contribution in [2.45, 2.75) is 38.1 Å². The van der Waals surface area contributed by atoms with Crippen molar-refractivity contribution in [1.82, 2.24) is 0 Å². The van der Waals surface area contributed by atoms with Crippen LogP contribution in [0.2, 0.25) is 0 Å². The van der Waals surface area contributed by atoms with Gasteiger partial charge in [0.15, 0.2) is 0 Å². The quantitative estimate of drug-likeness (QED) is 0.683. The molecule has 2 unspecified atom stereocenters. The number of hydrogen-bond donors (Lipinski definition) is 1. The van der Waals surface area contributed by atoms with Crippen LogP contribution in [0, 0.1) is 16.0 Å². The van der Waals surface area contributed by atoms with E-state index in [-0.39, 0.29) is 11.3 Å². The summed E-state index contributed by atoms with van der Waals surface area (Å²) in [7, 11) is 0. The number of anilines is 1. The molecule has 1 aliphatic heterocycles. The van der Waals surface area contributed by atoms with E-state index in [0.717, 1.165) is 25.8 Å². The highest BCUT2D eigenvalue weighted by atomic mass is 16.6. The Morgan fingerprint density at radius 3 is 2.76 bits per heavy atom. The molecule has 0 bridgehead atoms. The molecule has 1 aromatic rings. The van der Waals surface area contributed by atoms with Crippen LogP contribution in [0.25, 0.3) is 0 Å². The number of fused-ring (bicyclic) bond motifs is 1. The summed E-state index contributed by atoms with van der Waals surface area (Å²) in [5.74, 6) is -0.432. The third-order valence-electron chi connectivity index (χ3n) is 4.74. The number of non-ortho nitro benzene ring substituents is 1. The Morgan fingerprint density at radius 1 is 1.29 bits per heavy atom. The van der Waals surface area contributed by atoms with Crippen LogP contribution < -0.4 is 4.90 Å². The first-order valence-electron chi connectivity index (χ1n) is 7.36. The number of rotatable bonds is 3. The Morgan fingerprint density at radius 2 is 2.05 bits per heavy atom.